The number of hydrogen-bond donors (Lipinski definition) is 2. The van der Waals surface area contributed by atoms with Crippen LogP contribution in [-0.2, 0) is 0 Å². The highest BCUT2D eigenvalue weighted by Gasteiger charge is 2.15. The monoisotopic (exact) mass is 288 g/mol. The van der Waals surface area contributed by atoms with Crippen LogP contribution < -0.4 is 11.1 Å². The van der Waals surface area contributed by atoms with Gasteiger partial charge in [0.25, 0.3) is 5.91 Å². The van der Waals surface area contributed by atoms with Crippen LogP contribution in [0.2, 0.25) is 5.02 Å². The number of nitrogens with one attached hydrogen (secondary N) is 1. The number of anilines is 1. The van der Waals surface area contributed by atoms with Crippen molar-refractivity contribution in [1.29, 1.82) is 0 Å². The van der Waals surface area contributed by atoms with E-state index in [1.54, 1.807) is 18.2 Å². The molecule has 20 heavy (non-hydrogen) atoms. The lowest BCUT2D eigenvalue weighted by molar-refractivity contribution is 0.0936. The fourth-order valence-electron chi connectivity index (χ4n) is 2.06. The Labute approximate surface area is 123 Å². The maximum absolute atomic E-state index is 12.3. The Morgan fingerprint density at radius 3 is 2.45 bits per heavy atom. The van der Waals surface area contributed by atoms with E-state index in [0.717, 1.165) is 12.0 Å². The molecule has 104 valence electrons. The second-order valence-electron chi connectivity index (χ2n) is 4.57. The molecular formula is C16H17ClN2O. The lowest BCUT2D eigenvalue weighted by atomic mass is 10.0. The van der Waals surface area contributed by atoms with Gasteiger partial charge >= 0.3 is 0 Å². The fourth-order valence-corrected chi connectivity index (χ4v) is 2.18. The fraction of sp³-hybridized carbons (Fsp3) is 0.188. The van der Waals surface area contributed by atoms with Gasteiger partial charge in [-0.2, -0.15) is 0 Å². The van der Waals surface area contributed by atoms with Gasteiger partial charge in [0.2, 0.25) is 0 Å². The third-order valence-electron chi connectivity index (χ3n) is 3.19. The smallest absolute Gasteiger partial charge is 0.253 e. The zero-order valence-corrected chi connectivity index (χ0v) is 12.0. The highest BCUT2D eigenvalue weighted by Crippen LogP contribution is 2.20. The maximum Gasteiger partial charge on any atom is 0.253 e. The summed E-state index contributed by atoms with van der Waals surface area (Å²) in [6.45, 7) is 2.02. The predicted molar refractivity (Wildman–Crippen MR) is 82.8 cm³/mol. The Kier molecular flexibility index (Phi) is 4.64. The third kappa shape index (κ3) is 3.31. The number of nitrogens with two attached hydrogens (primary N) is 1. The molecule has 0 radical (unpaired) electrons. The number of amides is 1. The zero-order chi connectivity index (χ0) is 14.5. The van der Waals surface area contributed by atoms with Gasteiger partial charge in [0.1, 0.15) is 0 Å². The van der Waals surface area contributed by atoms with Crippen molar-refractivity contribution in [3.8, 4) is 0 Å². The van der Waals surface area contributed by atoms with E-state index >= 15 is 0 Å². The minimum absolute atomic E-state index is 0.0561. The number of halogens is 1. The third-order valence-corrected chi connectivity index (χ3v) is 3.44. The van der Waals surface area contributed by atoms with Crippen molar-refractivity contribution in [2.45, 2.75) is 19.4 Å². The Bertz CT molecular complexity index is 596. The number of para-hydroxylation sites is 1. The number of carbonyl (C=O) groups excluding carboxylic acids is 1. The Balaban J connectivity index is 2.16. The molecular weight excluding hydrogens is 272 g/mol. The van der Waals surface area contributed by atoms with E-state index in [2.05, 4.69) is 5.32 Å². The molecule has 1 atom stereocenters. The highest BCUT2D eigenvalue weighted by atomic mass is 35.5. The molecule has 3 nitrogen and oxygen atoms in total. The second kappa shape index (κ2) is 6.44. The van der Waals surface area contributed by atoms with E-state index in [0.29, 0.717) is 16.3 Å². The number of hydrogen-bond acceptors (Lipinski definition) is 2. The highest BCUT2D eigenvalue weighted by molar-refractivity contribution is 6.30. The molecule has 3 N–H and O–H groups in total. The molecule has 1 amide bonds. The van der Waals surface area contributed by atoms with Crippen molar-refractivity contribution >= 4 is 23.2 Å². The second-order valence-corrected chi connectivity index (χ2v) is 5.01. The average molecular weight is 289 g/mol. The molecule has 0 fully saturated rings. The van der Waals surface area contributed by atoms with Gasteiger partial charge in [-0.05, 0) is 36.2 Å². The molecule has 1 unspecified atom stereocenters. The van der Waals surface area contributed by atoms with Gasteiger partial charge in [-0.1, -0.05) is 42.8 Å². The number of nitrogen functional groups attached to an aromatic ring is 1. The van der Waals surface area contributed by atoms with Gasteiger partial charge in [-0.25, -0.2) is 0 Å². The summed E-state index contributed by atoms with van der Waals surface area (Å²) in [4.78, 5) is 12.3. The number of benzene rings is 2. The summed E-state index contributed by atoms with van der Waals surface area (Å²) in [5.41, 5.74) is 7.83. The van der Waals surface area contributed by atoms with Crippen molar-refractivity contribution in [2.75, 3.05) is 5.73 Å². The SMILES string of the molecule is CCC(NC(=O)c1ccccc1N)c1ccc(Cl)cc1. The molecule has 2 aromatic carbocycles. The standard InChI is InChI=1S/C16H17ClN2O/c1-2-15(11-7-9-12(17)10-8-11)19-16(20)13-5-3-4-6-14(13)18/h3-10,15H,2,18H2,1H3,(H,19,20). The van der Waals surface area contributed by atoms with Crippen LogP contribution in [0.1, 0.15) is 35.3 Å². The van der Waals surface area contributed by atoms with Gasteiger partial charge in [-0.3, -0.25) is 4.79 Å². The van der Waals surface area contributed by atoms with E-state index < -0.39 is 0 Å². The normalized spacial score (nSPS) is 11.9. The van der Waals surface area contributed by atoms with Gasteiger partial charge in [0.05, 0.1) is 11.6 Å². The van der Waals surface area contributed by atoms with Crippen molar-refractivity contribution in [3.05, 3.63) is 64.7 Å². The summed E-state index contributed by atoms with van der Waals surface area (Å²) >= 11 is 5.88. The first kappa shape index (κ1) is 14.4. The average Bonchev–Trinajstić information content (AvgIpc) is 2.46. The van der Waals surface area contributed by atoms with Crippen molar-refractivity contribution < 1.29 is 4.79 Å². The molecule has 0 heterocycles. The molecule has 0 aliphatic carbocycles. The molecule has 0 aliphatic rings. The molecule has 0 aliphatic heterocycles. The molecule has 0 aromatic heterocycles. The summed E-state index contributed by atoms with van der Waals surface area (Å²) in [5, 5.41) is 3.68. The lowest BCUT2D eigenvalue weighted by Gasteiger charge is -2.18. The maximum atomic E-state index is 12.3. The van der Waals surface area contributed by atoms with Crippen LogP contribution in [-0.4, -0.2) is 5.91 Å². The largest absolute Gasteiger partial charge is 0.398 e. The summed E-state index contributed by atoms with van der Waals surface area (Å²) in [7, 11) is 0. The van der Waals surface area contributed by atoms with Crippen LogP contribution in [0, 0.1) is 0 Å². The Morgan fingerprint density at radius 1 is 1.20 bits per heavy atom. The molecule has 2 aromatic rings. The first-order valence-corrected chi connectivity index (χ1v) is 6.90. The molecule has 0 saturated carbocycles. The van der Waals surface area contributed by atoms with E-state index in [9.17, 15) is 4.79 Å². The first-order valence-electron chi connectivity index (χ1n) is 6.52. The molecule has 2 rings (SSSR count). The minimum atomic E-state index is -0.162. The summed E-state index contributed by atoms with van der Waals surface area (Å²) in [6.07, 6.45) is 0.792. The van der Waals surface area contributed by atoms with E-state index in [4.69, 9.17) is 17.3 Å². The quantitative estimate of drug-likeness (QED) is 0.841. The van der Waals surface area contributed by atoms with Crippen molar-refractivity contribution in [3.63, 3.8) is 0 Å². The summed E-state index contributed by atoms with van der Waals surface area (Å²) in [5.74, 6) is -0.162. The van der Waals surface area contributed by atoms with Crippen LogP contribution in [0.15, 0.2) is 48.5 Å². The predicted octanol–water partition coefficient (Wildman–Crippen LogP) is 3.80. The minimum Gasteiger partial charge on any atom is -0.398 e. The zero-order valence-electron chi connectivity index (χ0n) is 11.3. The van der Waals surface area contributed by atoms with E-state index in [-0.39, 0.29) is 11.9 Å². The van der Waals surface area contributed by atoms with Gasteiger partial charge in [0, 0.05) is 10.7 Å². The van der Waals surface area contributed by atoms with Crippen molar-refractivity contribution in [1.82, 2.24) is 5.32 Å². The van der Waals surface area contributed by atoms with Gasteiger partial charge in [-0.15, -0.1) is 0 Å². The van der Waals surface area contributed by atoms with Gasteiger partial charge in [0.15, 0.2) is 0 Å². The number of carbonyl (C=O) groups is 1. The molecule has 0 saturated heterocycles. The van der Waals surface area contributed by atoms with Crippen LogP contribution in [0.4, 0.5) is 5.69 Å². The topological polar surface area (TPSA) is 55.1 Å². The van der Waals surface area contributed by atoms with Crippen LogP contribution >= 0.6 is 11.6 Å². The van der Waals surface area contributed by atoms with Crippen LogP contribution in [0.3, 0.4) is 0 Å². The molecule has 0 bridgehead atoms. The molecule has 4 heteroatoms. The van der Waals surface area contributed by atoms with Crippen molar-refractivity contribution in [2.24, 2.45) is 0 Å². The van der Waals surface area contributed by atoms with Gasteiger partial charge < -0.3 is 11.1 Å². The lowest BCUT2D eigenvalue weighted by Crippen LogP contribution is -2.28. The summed E-state index contributed by atoms with van der Waals surface area (Å²) in [6, 6.07) is 14.5. The molecule has 0 spiro atoms. The first-order chi connectivity index (χ1) is 9.61. The summed E-state index contributed by atoms with van der Waals surface area (Å²) < 4.78 is 0. The van der Waals surface area contributed by atoms with E-state index in [1.165, 1.54) is 0 Å². The Hall–Kier alpha value is -2.00. The number of rotatable bonds is 4. The van der Waals surface area contributed by atoms with Crippen LogP contribution in [0.5, 0.6) is 0 Å². The van der Waals surface area contributed by atoms with E-state index in [1.807, 2.05) is 37.3 Å². The van der Waals surface area contributed by atoms with Crippen LogP contribution in [0.25, 0.3) is 0 Å². The Morgan fingerprint density at radius 2 is 1.85 bits per heavy atom.